The van der Waals surface area contributed by atoms with Gasteiger partial charge in [0.25, 0.3) is 0 Å². The number of methoxy groups -OCH3 is 2. The summed E-state index contributed by atoms with van der Waals surface area (Å²) in [6, 6.07) is -0.456. The van der Waals surface area contributed by atoms with E-state index in [0.717, 1.165) is 76.3 Å². The monoisotopic (exact) mass is 439 g/mol. The summed E-state index contributed by atoms with van der Waals surface area (Å²) >= 11 is 0. The van der Waals surface area contributed by atoms with Gasteiger partial charge in [-0.15, -0.1) is 0 Å². The normalized spacial score (nSPS) is 12.5. The van der Waals surface area contributed by atoms with Crippen molar-refractivity contribution in [2.45, 2.75) is 110 Å². The molecule has 0 fully saturated rings. The van der Waals surface area contributed by atoms with E-state index in [1.54, 1.807) is 6.08 Å². The van der Waals surface area contributed by atoms with E-state index in [1.165, 1.54) is 14.2 Å². The molecule has 0 bridgehead atoms. The number of esters is 2. The van der Waals surface area contributed by atoms with Crippen molar-refractivity contribution in [2.75, 3.05) is 14.2 Å². The SMILES string of the molecule is CCCCCCC(=O)/C=C(/CCCCCCCCC(=O)OC)NC(C(=O)OC)C(C)C. The molecule has 0 aliphatic carbocycles. The van der Waals surface area contributed by atoms with Gasteiger partial charge in [0.15, 0.2) is 5.78 Å². The van der Waals surface area contributed by atoms with Crippen molar-refractivity contribution < 1.29 is 23.9 Å². The molecule has 0 saturated carbocycles. The van der Waals surface area contributed by atoms with Gasteiger partial charge in [0.1, 0.15) is 6.04 Å². The number of carbonyl (C=O) groups excluding carboxylic acids is 3. The number of nitrogens with one attached hydrogen (secondary N) is 1. The summed E-state index contributed by atoms with van der Waals surface area (Å²) in [7, 11) is 2.81. The Hall–Kier alpha value is -1.85. The highest BCUT2D eigenvalue weighted by Crippen LogP contribution is 2.15. The summed E-state index contributed by atoms with van der Waals surface area (Å²) in [5.41, 5.74) is 0.829. The first-order chi connectivity index (χ1) is 14.8. The highest BCUT2D eigenvalue weighted by Gasteiger charge is 2.23. The quantitative estimate of drug-likeness (QED) is 0.163. The molecule has 0 heterocycles. The fourth-order valence-corrected chi connectivity index (χ4v) is 3.40. The maximum absolute atomic E-state index is 12.4. The second kappa shape index (κ2) is 18.9. The first-order valence-electron chi connectivity index (χ1n) is 12.0. The van der Waals surface area contributed by atoms with Gasteiger partial charge in [-0.25, -0.2) is 4.79 Å². The van der Waals surface area contributed by atoms with Gasteiger partial charge < -0.3 is 14.8 Å². The van der Waals surface area contributed by atoms with Gasteiger partial charge in [0, 0.05) is 24.6 Å². The number of hydrogen-bond acceptors (Lipinski definition) is 6. The first kappa shape index (κ1) is 29.1. The Morgan fingerprint density at radius 2 is 1.32 bits per heavy atom. The van der Waals surface area contributed by atoms with Crippen LogP contribution in [0.5, 0.6) is 0 Å². The van der Waals surface area contributed by atoms with Crippen LogP contribution in [0.2, 0.25) is 0 Å². The van der Waals surface area contributed by atoms with Crippen LogP contribution in [-0.4, -0.2) is 38.0 Å². The van der Waals surface area contributed by atoms with E-state index in [1.807, 2.05) is 13.8 Å². The molecular formula is C25H45NO5. The second-order valence-electron chi connectivity index (χ2n) is 8.53. The molecule has 1 N–H and O–H groups in total. The average Bonchev–Trinajstić information content (AvgIpc) is 2.75. The Morgan fingerprint density at radius 1 is 0.774 bits per heavy atom. The van der Waals surface area contributed by atoms with E-state index in [9.17, 15) is 14.4 Å². The van der Waals surface area contributed by atoms with E-state index in [4.69, 9.17) is 4.74 Å². The second-order valence-corrected chi connectivity index (χ2v) is 8.53. The molecule has 0 rings (SSSR count). The Bertz CT molecular complexity index is 542. The van der Waals surface area contributed by atoms with Crippen LogP contribution in [0.3, 0.4) is 0 Å². The van der Waals surface area contributed by atoms with Gasteiger partial charge in [-0.1, -0.05) is 65.7 Å². The van der Waals surface area contributed by atoms with Gasteiger partial charge in [0.2, 0.25) is 0 Å². The zero-order valence-electron chi connectivity index (χ0n) is 20.5. The van der Waals surface area contributed by atoms with Crippen LogP contribution < -0.4 is 5.32 Å². The fourth-order valence-electron chi connectivity index (χ4n) is 3.40. The predicted octanol–water partition coefficient (Wildman–Crippen LogP) is 5.49. The number of ketones is 1. The smallest absolute Gasteiger partial charge is 0.328 e. The minimum atomic E-state index is -0.456. The van der Waals surface area contributed by atoms with Crippen LogP contribution in [0, 0.1) is 5.92 Å². The van der Waals surface area contributed by atoms with Crippen LogP contribution in [0.15, 0.2) is 11.8 Å². The lowest BCUT2D eigenvalue weighted by molar-refractivity contribution is -0.144. The molecule has 0 aromatic heterocycles. The Morgan fingerprint density at radius 3 is 1.87 bits per heavy atom. The summed E-state index contributed by atoms with van der Waals surface area (Å²) in [5, 5.41) is 3.28. The van der Waals surface area contributed by atoms with Crippen molar-refractivity contribution in [1.82, 2.24) is 5.32 Å². The van der Waals surface area contributed by atoms with Crippen LogP contribution in [0.25, 0.3) is 0 Å². The zero-order chi connectivity index (χ0) is 23.5. The third kappa shape index (κ3) is 15.6. The third-order valence-corrected chi connectivity index (χ3v) is 5.38. The van der Waals surface area contributed by atoms with Crippen LogP contribution in [0.1, 0.15) is 104 Å². The minimum absolute atomic E-state index is 0.0605. The van der Waals surface area contributed by atoms with E-state index in [0.29, 0.717) is 12.8 Å². The summed E-state index contributed by atoms with van der Waals surface area (Å²) in [4.78, 5) is 35.7. The molecule has 180 valence electrons. The molecule has 0 spiro atoms. The number of hydrogen-bond donors (Lipinski definition) is 1. The number of allylic oxidation sites excluding steroid dienone is 2. The van der Waals surface area contributed by atoms with Gasteiger partial charge >= 0.3 is 11.9 Å². The molecule has 31 heavy (non-hydrogen) atoms. The molecule has 1 unspecified atom stereocenters. The molecule has 0 radical (unpaired) electrons. The predicted molar refractivity (Wildman–Crippen MR) is 125 cm³/mol. The number of carbonyl (C=O) groups is 3. The largest absolute Gasteiger partial charge is 0.469 e. The maximum Gasteiger partial charge on any atom is 0.328 e. The van der Waals surface area contributed by atoms with E-state index < -0.39 is 6.04 Å². The first-order valence-corrected chi connectivity index (χ1v) is 12.0. The molecule has 6 nitrogen and oxygen atoms in total. The molecule has 0 saturated heterocycles. The molecule has 0 amide bonds. The Labute approximate surface area is 189 Å². The summed E-state index contributed by atoms with van der Waals surface area (Å²) in [6.45, 7) is 6.09. The van der Waals surface area contributed by atoms with Crippen LogP contribution >= 0.6 is 0 Å². The lowest BCUT2D eigenvalue weighted by atomic mass is 10.0. The Balaban J connectivity index is 4.62. The minimum Gasteiger partial charge on any atom is -0.469 e. The van der Waals surface area contributed by atoms with Gasteiger partial charge in [-0.05, 0) is 31.6 Å². The van der Waals surface area contributed by atoms with Crippen molar-refractivity contribution in [2.24, 2.45) is 5.92 Å². The molecule has 6 heteroatoms. The van der Waals surface area contributed by atoms with Gasteiger partial charge in [0.05, 0.1) is 14.2 Å². The van der Waals surface area contributed by atoms with Crippen molar-refractivity contribution in [3.8, 4) is 0 Å². The summed E-state index contributed by atoms with van der Waals surface area (Å²) in [6.07, 6.45) is 13.8. The number of rotatable bonds is 19. The van der Waals surface area contributed by atoms with Crippen LogP contribution in [-0.2, 0) is 23.9 Å². The Kier molecular flexibility index (Phi) is 17.8. The van der Waals surface area contributed by atoms with Crippen molar-refractivity contribution in [1.29, 1.82) is 0 Å². The van der Waals surface area contributed by atoms with Crippen LogP contribution in [0.4, 0.5) is 0 Å². The fraction of sp³-hybridized carbons (Fsp3) is 0.800. The summed E-state index contributed by atoms with van der Waals surface area (Å²) < 4.78 is 9.58. The summed E-state index contributed by atoms with van der Waals surface area (Å²) in [5.74, 6) is -0.272. The molecule has 0 aliphatic heterocycles. The average molecular weight is 440 g/mol. The number of ether oxygens (including phenoxy) is 2. The van der Waals surface area contributed by atoms with Gasteiger partial charge in [-0.2, -0.15) is 0 Å². The van der Waals surface area contributed by atoms with Crippen molar-refractivity contribution in [3.05, 3.63) is 11.8 Å². The molecule has 0 aliphatic rings. The topological polar surface area (TPSA) is 81.7 Å². The number of unbranched alkanes of at least 4 members (excludes halogenated alkanes) is 8. The van der Waals surface area contributed by atoms with Crippen molar-refractivity contribution >= 4 is 17.7 Å². The van der Waals surface area contributed by atoms with Gasteiger partial charge in [-0.3, -0.25) is 9.59 Å². The third-order valence-electron chi connectivity index (χ3n) is 5.38. The highest BCUT2D eigenvalue weighted by atomic mass is 16.5. The molecule has 1 atom stereocenters. The maximum atomic E-state index is 12.4. The molecule has 0 aromatic carbocycles. The molecular weight excluding hydrogens is 394 g/mol. The van der Waals surface area contributed by atoms with E-state index >= 15 is 0 Å². The zero-order valence-corrected chi connectivity index (χ0v) is 20.5. The lowest BCUT2D eigenvalue weighted by Gasteiger charge is -2.23. The molecule has 0 aromatic rings. The van der Waals surface area contributed by atoms with E-state index in [2.05, 4.69) is 17.0 Å². The van der Waals surface area contributed by atoms with E-state index in [-0.39, 0.29) is 23.6 Å². The van der Waals surface area contributed by atoms with Crippen molar-refractivity contribution in [3.63, 3.8) is 0 Å². The standard InChI is InChI=1S/C25H45NO5/c1-6-7-8-14-17-22(27)19-21(26-24(20(2)3)25(29)31-5)16-13-11-9-10-12-15-18-23(28)30-4/h19-20,24,26H,6-18H2,1-5H3/b21-19-. The lowest BCUT2D eigenvalue weighted by Crippen LogP contribution is -2.41. The highest BCUT2D eigenvalue weighted by molar-refractivity contribution is 5.90.